The largest absolute Gasteiger partial charge is 0.508 e. The zero-order chi connectivity index (χ0) is 18.6. The first kappa shape index (κ1) is 18.5. The average Bonchev–Trinajstić information content (AvgIpc) is 3.14. The molecule has 0 radical (unpaired) electrons. The van der Waals surface area contributed by atoms with Crippen LogP contribution in [0.5, 0.6) is 5.75 Å². The maximum Gasteiger partial charge on any atom is 0.115 e. The fourth-order valence-corrected chi connectivity index (χ4v) is 5.16. The van der Waals surface area contributed by atoms with Crippen molar-refractivity contribution >= 4 is 21.4 Å². The second-order valence-electron chi connectivity index (χ2n) is 7.50. The van der Waals surface area contributed by atoms with Gasteiger partial charge in [0.1, 0.15) is 5.75 Å². The summed E-state index contributed by atoms with van der Waals surface area (Å²) >= 11 is 1.85. The van der Waals surface area contributed by atoms with Crippen molar-refractivity contribution in [3.63, 3.8) is 0 Å². The molecule has 2 heterocycles. The highest BCUT2D eigenvalue weighted by atomic mass is 32.1. The quantitative estimate of drug-likeness (QED) is 0.602. The van der Waals surface area contributed by atoms with Crippen LogP contribution >= 0.6 is 11.3 Å². The monoisotopic (exact) mass is 380 g/mol. The molecule has 0 bridgehead atoms. The first-order chi connectivity index (χ1) is 13.2. The molecule has 3 nitrogen and oxygen atoms in total. The number of hydrogen-bond donors (Lipinski definition) is 1. The molecule has 1 aliphatic heterocycles. The Morgan fingerprint density at radius 1 is 1.04 bits per heavy atom. The topological polar surface area (TPSA) is 26.7 Å². The molecule has 0 amide bonds. The van der Waals surface area contributed by atoms with Crippen molar-refractivity contribution < 1.29 is 5.11 Å². The van der Waals surface area contributed by atoms with Gasteiger partial charge in [-0.05, 0) is 65.8 Å². The highest BCUT2D eigenvalue weighted by molar-refractivity contribution is 7.17. The maximum absolute atomic E-state index is 9.55. The Kier molecular flexibility index (Phi) is 5.77. The van der Waals surface area contributed by atoms with Gasteiger partial charge < -0.3 is 5.11 Å². The van der Waals surface area contributed by atoms with Crippen LogP contribution in [-0.4, -0.2) is 35.3 Å². The number of thiophene rings is 1. The van der Waals surface area contributed by atoms with E-state index in [0.717, 1.165) is 25.9 Å². The van der Waals surface area contributed by atoms with Crippen LogP contribution in [0.4, 0.5) is 0 Å². The van der Waals surface area contributed by atoms with Gasteiger partial charge in [0.05, 0.1) is 6.04 Å². The van der Waals surface area contributed by atoms with Gasteiger partial charge in [0.2, 0.25) is 0 Å². The minimum atomic E-state index is 0.338. The number of aryl methyl sites for hydroxylation is 1. The average molecular weight is 381 g/mol. The van der Waals surface area contributed by atoms with Crippen LogP contribution in [0.3, 0.4) is 0 Å². The molecule has 2 aromatic carbocycles. The van der Waals surface area contributed by atoms with E-state index in [1.54, 1.807) is 12.1 Å². The second-order valence-corrected chi connectivity index (χ2v) is 8.41. The van der Waals surface area contributed by atoms with Crippen molar-refractivity contribution in [2.75, 3.05) is 20.1 Å². The van der Waals surface area contributed by atoms with E-state index in [2.05, 4.69) is 46.7 Å². The second kappa shape index (κ2) is 8.42. The van der Waals surface area contributed by atoms with Gasteiger partial charge in [0, 0.05) is 24.8 Å². The molecule has 1 unspecified atom stereocenters. The lowest BCUT2D eigenvalue weighted by Crippen LogP contribution is -2.45. The number of aromatic hydroxyl groups is 1. The Labute approximate surface area is 165 Å². The van der Waals surface area contributed by atoms with E-state index in [9.17, 15) is 5.11 Å². The number of hydrogen-bond acceptors (Lipinski definition) is 4. The van der Waals surface area contributed by atoms with E-state index in [-0.39, 0.29) is 0 Å². The number of benzene rings is 2. The van der Waals surface area contributed by atoms with Crippen molar-refractivity contribution in [3.05, 3.63) is 65.0 Å². The zero-order valence-electron chi connectivity index (χ0n) is 16.0. The predicted molar refractivity (Wildman–Crippen MR) is 114 cm³/mol. The molecule has 1 aromatic heterocycles. The van der Waals surface area contributed by atoms with Gasteiger partial charge in [0.25, 0.3) is 0 Å². The fraction of sp³-hybridized carbons (Fsp3) is 0.391. The highest BCUT2D eigenvalue weighted by Gasteiger charge is 2.25. The normalized spacial score (nSPS) is 16.8. The molecule has 1 aliphatic rings. The number of piperidine rings is 1. The summed E-state index contributed by atoms with van der Waals surface area (Å²) in [6, 6.07) is 16.8. The summed E-state index contributed by atoms with van der Waals surface area (Å²) in [6.45, 7) is 2.32. The Morgan fingerprint density at radius 3 is 2.56 bits per heavy atom. The van der Waals surface area contributed by atoms with E-state index in [0.29, 0.717) is 11.8 Å². The predicted octanol–water partition coefficient (Wildman–Crippen LogP) is 5.61. The Hall–Kier alpha value is -1.88. The minimum absolute atomic E-state index is 0.338. The molecule has 0 saturated carbocycles. The first-order valence-corrected chi connectivity index (χ1v) is 10.8. The van der Waals surface area contributed by atoms with Crippen molar-refractivity contribution in [3.8, 4) is 5.75 Å². The molecule has 27 heavy (non-hydrogen) atoms. The lowest BCUT2D eigenvalue weighted by atomic mass is 9.98. The third-order valence-electron chi connectivity index (χ3n) is 5.74. The first-order valence-electron chi connectivity index (χ1n) is 9.94. The molecule has 3 aromatic rings. The van der Waals surface area contributed by atoms with Crippen LogP contribution in [0, 0.1) is 0 Å². The van der Waals surface area contributed by atoms with Gasteiger partial charge >= 0.3 is 0 Å². The van der Waals surface area contributed by atoms with Gasteiger partial charge in [-0.3, -0.25) is 0 Å². The van der Waals surface area contributed by atoms with Gasteiger partial charge in [-0.2, -0.15) is 0 Å². The van der Waals surface area contributed by atoms with Crippen LogP contribution in [0.25, 0.3) is 10.1 Å². The van der Waals surface area contributed by atoms with Gasteiger partial charge in [0.15, 0.2) is 0 Å². The van der Waals surface area contributed by atoms with E-state index < -0.39 is 0 Å². The summed E-state index contributed by atoms with van der Waals surface area (Å²) in [5.41, 5.74) is 2.73. The van der Waals surface area contributed by atoms with Gasteiger partial charge in [-0.25, -0.2) is 10.0 Å². The maximum atomic E-state index is 9.55. The molecule has 142 valence electrons. The van der Waals surface area contributed by atoms with Crippen LogP contribution < -0.4 is 0 Å². The number of fused-ring (bicyclic) bond motifs is 1. The number of phenolic OH excluding ortho intramolecular Hbond substituents is 1. The van der Waals surface area contributed by atoms with E-state index in [1.807, 2.05) is 23.5 Å². The number of rotatable bonds is 6. The van der Waals surface area contributed by atoms with E-state index in [4.69, 9.17) is 0 Å². The smallest absolute Gasteiger partial charge is 0.115 e. The molecule has 0 aliphatic carbocycles. The summed E-state index contributed by atoms with van der Waals surface area (Å²) in [5.74, 6) is 0.338. The van der Waals surface area contributed by atoms with Gasteiger partial charge in [-0.15, -0.1) is 11.3 Å². The molecule has 4 rings (SSSR count). The van der Waals surface area contributed by atoms with Crippen molar-refractivity contribution in [1.29, 1.82) is 0 Å². The SMILES string of the molecule is CN(C(CCc1ccc(O)cc1)c1csc2ccccc12)N1CCCCC1. The van der Waals surface area contributed by atoms with Gasteiger partial charge in [-0.1, -0.05) is 36.8 Å². The molecular formula is C23H28N2OS. The third kappa shape index (κ3) is 4.18. The van der Waals surface area contributed by atoms with Crippen LogP contribution in [-0.2, 0) is 6.42 Å². The molecule has 4 heteroatoms. The third-order valence-corrected chi connectivity index (χ3v) is 6.72. The lowest BCUT2D eigenvalue weighted by molar-refractivity contribution is -0.0537. The van der Waals surface area contributed by atoms with Crippen LogP contribution in [0.1, 0.15) is 42.9 Å². The Morgan fingerprint density at radius 2 is 1.78 bits per heavy atom. The minimum Gasteiger partial charge on any atom is -0.508 e. The van der Waals surface area contributed by atoms with Crippen molar-refractivity contribution in [1.82, 2.24) is 10.0 Å². The van der Waals surface area contributed by atoms with E-state index >= 15 is 0 Å². The molecule has 1 fully saturated rings. The summed E-state index contributed by atoms with van der Waals surface area (Å²) in [7, 11) is 2.26. The summed E-state index contributed by atoms with van der Waals surface area (Å²) in [6.07, 6.45) is 6.01. The van der Waals surface area contributed by atoms with Crippen molar-refractivity contribution in [2.45, 2.75) is 38.1 Å². The lowest BCUT2D eigenvalue weighted by Gasteiger charge is -2.40. The number of phenols is 1. The Balaban J connectivity index is 1.60. The Bertz CT molecular complexity index is 867. The summed E-state index contributed by atoms with van der Waals surface area (Å²) in [5, 5.41) is 18.3. The number of nitrogens with zero attached hydrogens (tertiary/aromatic N) is 2. The standard InChI is InChI=1S/C23H28N2OS/c1-24(25-15-5-2-6-16-25)22(14-11-18-9-12-19(26)13-10-18)21-17-27-23-8-4-3-7-20(21)23/h3-4,7-10,12-13,17,22,26H,2,5-6,11,14-16H2,1H3. The van der Waals surface area contributed by atoms with Crippen molar-refractivity contribution in [2.24, 2.45) is 0 Å². The molecular weight excluding hydrogens is 352 g/mol. The zero-order valence-corrected chi connectivity index (χ0v) is 16.8. The molecule has 1 N–H and O–H groups in total. The van der Waals surface area contributed by atoms with E-state index in [1.165, 1.54) is 40.5 Å². The van der Waals surface area contributed by atoms with Crippen LogP contribution in [0.15, 0.2) is 53.9 Å². The summed E-state index contributed by atoms with van der Waals surface area (Å²) in [4.78, 5) is 0. The van der Waals surface area contributed by atoms with Crippen LogP contribution in [0.2, 0.25) is 0 Å². The number of hydrazine groups is 1. The molecule has 0 spiro atoms. The molecule has 1 saturated heterocycles. The molecule has 1 atom stereocenters. The highest BCUT2D eigenvalue weighted by Crippen LogP contribution is 2.36. The fourth-order valence-electron chi connectivity index (χ4n) is 4.16. The summed E-state index contributed by atoms with van der Waals surface area (Å²) < 4.78 is 1.37.